The Hall–Kier alpha value is -1.94. The number of ether oxygens (including phenoxy) is 1. The zero-order valence-corrected chi connectivity index (χ0v) is 12.1. The SMILES string of the molecule is Cc1cccnc1COc1cc(F)cc(CNC2CC2)c1. The van der Waals surface area contributed by atoms with Crippen LogP contribution in [0.2, 0.25) is 0 Å². The van der Waals surface area contributed by atoms with E-state index in [9.17, 15) is 4.39 Å². The third-order valence-electron chi connectivity index (χ3n) is 3.60. The highest BCUT2D eigenvalue weighted by atomic mass is 19.1. The van der Waals surface area contributed by atoms with Gasteiger partial charge < -0.3 is 10.1 Å². The van der Waals surface area contributed by atoms with Crippen LogP contribution in [0.25, 0.3) is 0 Å². The fourth-order valence-corrected chi connectivity index (χ4v) is 2.18. The minimum absolute atomic E-state index is 0.266. The van der Waals surface area contributed by atoms with E-state index in [2.05, 4.69) is 10.3 Å². The fourth-order valence-electron chi connectivity index (χ4n) is 2.18. The molecule has 1 heterocycles. The lowest BCUT2D eigenvalue weighted by Gasteiger charge is -2.10. The van der Waals surface area contributed by atoms with Gasteiger partial charge in [0.05, 0.1) is 5.69 Å². The van der Waals surface area contributed by atoms with Crippen LogP contribution in [0.5, 0.6) is 5.75 Å². The van der Waals surface area contributed by atoms with E-state index in [1.54, 1.807) is 12.3 Å². The van der Waals surface area contributed by atoms with E-state index in [1.807, 2.05) is 25.1 Å². The van der Waals surface area contributed by atoms with E-state index in [1.165, 1.54) is 18.9 Å². The predicted molar refractivity (Wildman–Crippen MR) is 79.6 cm³/mol. The summed E-state index contributed by atoms with van der Waals surface area (Å²) in [4.78, 5) is 4.27. The number of aryl methyl sites for hydroxylation is 1. The quantitative estimate of drug-likeness (QED) is 0.884. The topological polar surface area (TPSA) is 34.1 Å². The first kappa shape index (κ1) is 14.0. The van der Waals surface area contributed by atoms with E-state index >= 15 is 0 Å². The van der Waals surface area contributed by atoms with Crippen molar-refractivity contribution < 1.29 is 9.13 Å². The molecular formula is C17H19FN2O. The van der Waals surface area contributed by atoms with Gasteiger partial charge in [-0.05, 0) is 49.1 Å². The lowest BCUT2D eigenvalue weighted by Crippen LogP contribution is -2.15. The van der Waals surface area contributed by atoms with E-state index in [0.29, 0.717) is 24.9 Å². The molecule has 0 radical (unpaired) electrons. The maximum atomic E-state index is 13.6. The normalized spacial score (nSPS) is 14.2. The van der Waals surface area contributed by atoms with Crippen LogP contribution >= 0.6 is 0 Å². The summed E-state index contributed by atoms with van der Waals surface area (Å²) in [5, 5.41) is 3.38. The first-order valence-corrected chi connectivity index (χ1v) is 7.27. The molecular weight excluding hydrogens is 267 g/mol. The molecule has 4 heteroatoms. The summed E-state index contributed by atoms with van der Waals surface area (Å²) in [6, 6.07) is 9.34. The van der Waals surface area contributed by atoms with Crippen LogP contribution in [0.15, 0.2) is 36.5 Å². The lowest BCUT2D eigenvalue weighted by molar-refractivity contribution is 0.298. The number of hydrogen-bond donors (Lipinski definition) is 1. The molecule has 0 spiro atoms. The second-order valence-electron chi connectivity index (χ2n) is 5.51. The Bertz CT molecular complexity index is 626. The molecule has 0 amide bonds. The summed E-state index contributed by atoms with van der Waals surface area (Å²) in [6.45, 7) is 3.02. The molecule has 0 aliphatic heterocycles. The molecule has 1 aromatic carbocycles. The molecule has 0 bridgehead atoms. The van der Waals surface area contributed by atoms with E-state index in [4.69, 9.17) is 4.74 Å². The second kappa shape index (κ2) is 6.22. The van der Waals surface area contributed by atoms with Gasteiger partial charge >= 0.3 is 0 Å². The number of aromatic nitrogens is 1. The third-order valence-corrected chi connectivity index (χ3v) is 3.60. The van der Waals surface area contributed by atoms with Crippen molar-refractivity contribution in [2.45, 2.75) is 39.0 Å². The number of benzene rings is 1. The maximum absolute atomic E-state index is 13.6. The zero-order valence-electron chi connectivity index (χ0n) is 12.1. The van der Waals surface area contributed by atoms with Gasteiger partial charge in [-0.25, -0.2) is 4.39 Å². The fraction of sp³-hybridized carbons (Fsp3) is 0.353. The summed E-state index contributed by atoms with van der Waals surface area (Å²) in [5.74, 6) is 0.283. The number of halogens is 1. The van der Waals surface area contributed by atoms with Gasteiger partial charge in [-0.2, -0.15) is 0 Å². The molecule has 21 heavy (non-hydrogen) atoms. The predicted octanol–water partition coefficient (Wildman–Crippen LogP) is 3.36. The molecule has 1 saturated carbocycles. The molecule has 0 unspecified atom stereocenters. The molecule has 1 N–H and O–H groups in total. The van der Waals surface area contributed by atoms with Crippen molar-refractivity contribution in [2.24, 2.45) is 0 Å². The van der Waals surface area contributed by atoms with E-state index in [-0.39, 0.29) is 5.82 Å². The molecule has 1 fully saturated rings. The molecule has 2 aromatic rings. The highest BCUT2D eigenvalue weighted by Gasteiger charge is 2.20. The summed E-state index contributed by atoms with van der Waals surface area (Å²) in [7, 11) is 0. The number of hydrogen-bond acceptors (Lipinski definition) is 3. The van der Waals surface area contributed by atoms with E-state index in [0.717, 1.165) is 16.8 Å². The first-order valence-electron chi connectivity index (χ1n) is 7.27. The molecule has 0 atom stereocenters. The van der Waals surface area contributed by atoms with Crippen LogP contribution in [0.3, 0.4) is 0 Å². The average Bonchev–Trinajstić information content (AvgIpc) is 3.28. The Morgan fingerprint density at radius 2 is 2.19 bits per heavy atom. The summed E-state index contributed by atoms with van der Waals surface area (Å²) in [5.41, 5.74) is 2.86. The number of rotatable bonds is 6. The maximum Gasteiger partial charge on any atom is 0.130 e. The minimum Gasteiger partial charge on any atom is -0.487 e. The largest absolute Gasteiger partial charge is 0.487 e. The van der Waals surface area contributed by atoms with Crippen molar-refractivity contribution in [2.75, 3.05) is 0 Å². The highest BCUT2D eigenvalue weighted by Crippen LogP contribution is 2.21. The molecule has 1 aliphatic carbocycles. The average molecular weight is 286 g/mol. The van der Waals surface area contributed by atoms with Crippen LogP contribution in [-0.2, 0) is 13.2 Å². The van der Waals surface area contributed by atoms with Gasteiger partial charge in [-0.15, -0.1) is 0 Å². The molecule has 110 valence electrons. The van der Waals surface area contributed by atoms with Crippen molar-refractivity contribution in [3.8, 4) is 5.75 Å². The number of nitrogens with zero attached hydrogens (tertiary/aromatic N) is 1. The Morgan fingerprint density at radius 1 is 1.33 bits per heavy atom. The Morgan fingerprint density at radius 3 is 2.95 bits per heavy atom. The lowest BCUT2D eigenvalue weighted by atomic mass is 10.2. The van der Waals surface area contributed by atoms with Crippen LogP contribution in [0.1, 0.15) is 29.7 Å². The van der Waals surface area contributed by atoms with Gasteiger partial charge in [0.1, 0.15) is 18.2 Å². The van der Waals surface area contributed by atoms with Gasteiger partial charge in [0, 0.05) is 24.8 Å². The Kier molecular flexibility index (Phi) is 4.15. The van der Waals surface area contributed by atoms with Gasteiger partial charge in [-0.1, -0.05) is 6.07 Å². The Labute approximate surface area is 124 Å². The molecule has 3 nitrogen and oxygen atoms in total. The first-order chi connectivity index (χ1) is 10.2. The summed E-state index contributed by atoms with van der Waals surface area (Å²) >= 11 is 0. The molecule has 0 saturated heterocycles. The van der Waals surface area contributed by atoms with Crippen molar-refractivity contribution in [1.29, 1.82) is 0 Å². The summed E-state index contributed by atoms with van der Waals surface area (Å²) in [6.07, 6.45) is 4.18. The number of pyridine rings is 1. The van der Waals surface area contributed by atoms with Crippen LogP contribution in [0.4, 0.5) is 4.39 Å². The number of nitrogens with one attached hydrogen (secondary N) is 1. The molecule has 1 aliphatic rings. The molecule has 1 aromatic heterocycles. The summed E-state index contributed by atoms with van der Waals surface area (Å²) < 4.78 is 19.3. The minimum atomic E-state index is -0.266. The Balaban J connectivity index is 1.65. The van der Waals surface area contributed by atoms with Crippen LogP contribution in [-0.4, -0.2) is 11.0 Å². The highest BCUT2D eigenvalue weighted by molar-refractivity contribution is 5.30. The van der Waals surface area contributed by atoms with Crippen molar-refractivity contribution in [1.82, 2.24) is 10.3 Å². The third kappa shape index (κ3) is 4.02. The zero-order chi connectivity index (χ0) is 14.7. The van der Waals surface area contributed by atoms with Crippen LogP contribution in [0, 0.1) is 12.7 Å². The standard InChI is InChI=1S/C17H19FN2O/c1-12-3-2-6-19-17(12)11-21-16-8-13(7-14(18)9-16)10-20-15-4-5-15/h2-3,6-9,15,20H,4-5,10-11H2,1H3. The van der Waals surface area contributed by atoms with Gasteiger partial charge in [0.2, 0.25) is 0 Å². The van der Waals surface area contributed by atoms with Crippen LogP contribution < -0.4 is 10.1 Å². The van der Waals surface area contributed by atoms with E-state index < -0.39 is 0 Å². The van der Waals surface area contributed by atoms with Crippen molar-refractivity contribution >= 4 is 0 Å². The van der Waals surface area contributed by atoms with Crippen molar-refractivity contribution in [3.63, 3.8) is 0 Å². The van der Waals surface area contributed by atoms with Gasteiger partial charge in [0.25, 0.3) is 0 Å². The van der Waals surface area contributed by atoms with Gasteiger partial charge in [-0.3, -0.25) is 4.98 Å². The smallest absolute Gasteiger partial charge is 0.130 e. The van der Waals surface area contributed by atoms with Gasteiger partial charge in [0.15, 0.2) is 0 Å². The monoisotopic (exact) mass is 286 g/mol. The molecule has 3 rings (SSSR count). The second-order valence-corrected chi connectivity index (χ2v) is 5.51. The van der Waals surface area contributed by atoms with Crippen molar-refractivity contribution in [3.05, 3.63) is 59.2 Å².